The monoisotopic (exact) mass is 480 g/mol. The van der Waals surface area contributed by atoms with E-state index in [0.717, 1.165) is 86.4 Å². The number of para-hydroxylation sites is 1. The highest BCUT2D eigenvalue weighted by Crippen LogP contribution is 2.33. The number of anilines is 1. The van der Waals surface area contributed by atoms with Gasteiger partial charge in [0, 0.05) is 49.4 Å². The van der Waals surface area contributed by atoms with Crippen molar-refractivity contribution < 1.29 is 9.18 Å². The molecule has 2 heterocycles. The number of nitrogens with one attached hydrogen (secondary N) is 1. The molecule has 3 aromatic rings. The lowest BCUT2D eigenvalue weighted by Gasteiger charge is -2.36. The highest BCUT2D eigenvalue weighted by Gasteiger charge is 2.20. The van der Waals surface area contributed by atoms with Crippen LogP contribution in [0.1, 0.15) is 40.9 Å². The third kappa shape index (κ3) is 4.89. The summed E-state index contributed by atoms with van der Waals surface area (Å²) in [5.74, 6) is -0.244. The SMILES string of the molecule is O=C(NCCCN1CCN(c2ccccc2F)CC1)c1ccc2c(Cl)c3c(nc2c1)CCCC3. The summed E-state index contributed by atoms with van der Waals surface area (Å²) in [6.07, 6.45) is 5.10. The highest BCUT2D eigenvalue weighted by atomic mass is 35.5. The lowest BCUT2D eigenvalue weighted by atomic mass is 9.94. The van der Waals surface area contributed by atoms with E-state index in [0.29, 0.717) is 17.8 Å². The normalized spacial score (nSPS) is 16.5. The Kier molecular flexibility index (Phi) is 6.97. The minimum absolute atomic E-state index is 0.0816. The average Bonchev–Trinajstić information content (AvgIpc) is 2.87. The summed E-state index contributed by atoms with van der Waals surface area (Å²) in [6, 6.07) is 12.6. The number of hydrogen-bond acceptors (Lipinski definition) is 4. The molecule has 1 fully saturated rings. The molecule has 1 N–H and O–H groups in total. The van der Waals surface area contributed by atoms with Crippen LogP contribution < -0.4 is 10.2 Å². The Hall–Kier alpha value is -2.70. The first-order valence-electron chi connectivity index (χ1n) is 12.2. The Labute approximate surface area is 204 Å². The molecule has 2 aromatic carbocycles. The van der Waals surface area contributed by atoms with Crippen molar-refractivity contribution in [2.45, 2.75) is 32.1 Å². The smallest absolute Gasteiger partial charge is 0.251 e. The number of carbonyl (C=O) groups excluding carboxylic acids is 1. The van der Waals surface area contributed by atoms with Crippen molar-refractivity contribution in [3.05, 3.63) is 70.1 Å². The van der Waals surface area contributed by atoms with E-state index in [2.05, 4.69) is 15.1 Å². The van der Waals surface area contributed by atoms with Gasteiger partial charge in [-0.1, -0.05) is 29.8 Å². The van der Waals surface area contributed by atoms with Gasteiger partial charge in [0.25, 0.3) is 5.91 Å². The van der Waals surface area contributed by atoms with Crippen molar-refractivity contribution >= 4 is 34.1 Å². The van der Waals surface area contributed by atoms with E-state index in [1.807, 2.05) is 30.3 Å². The number of pyridine rings is 1. The number of halogens is 2. The number of amides is 1. The fourth-order valence-electron chi connectivity index (χ4n) is 5.04. The largest absolute Gasteiger partial charge is 0.367 e. The molecule has 0 bridgehead atoms. The van der Waals surface area contributed by atoms with Gasteiger partial charge in [-0.3, -0.25) is 14.7 Å². The Bertz CT molecular complexity index is 1190. The number of fused-ring (bicyclic) bond motifs is 2. The third-order valence-electron chi connectivity index (χ3n) is 6.96. The quantitative estimate of drug-likeness (QED) is 0.512. The van der Waals surface area contributed by atoms with Crippen molar-refractivity contribution in [1.82, 2.24) is 15.2 Å². The number of aromatic nitrogens is 1. The van der Waals surface area contributed by atoms with Crippen LogP contribution >= 0.6 is 11.6 Å². The van der Waals surface area contributed by atoms with Crippen LogP contribution in [0.25, 0.3) is 10.9 Å². The van der Waals surface area contributed by atoms with Crippen molar-refractivity contribution in [3.63, 3.8) is 0 Å². The van der Waals surface area contributed by atoms with Gasteiger partial charge < -0.3 is 10.2 Å². The number of rotatable bonds is 6. The van der Waals surface area contributed by atoms with Crippen LogP contribution in [-0.2, 0) is 12.8 Å². The zero-order valence-electron chi connectivity index (χ0n) is 19.3. The molecule has 1 amide bonds. The molecule has 1 aliphatic heterocycles. The molecule has 0 saturated carbocycles. The fraction of sp³-hybridized carbons (Fsp3) is 0.407. The first-order valence-corrected chi connectivity index (χ1v) is 12.6. The average molecular weight is 481 g/mol. The Balaban J connectivity index is 1.11. The van der Waals surface area contributed by atoms with Gasteiger partial charge in [0.15, 0.2) is 0 Å². The minimum atomic E-state index is -0.162. The van der Waals surface area contributed by atoms with E-state index in [9.17, 15) is 9.18 Å². The third-order valence-corrected chi connectivity index (χ3v) is 7.39. The molecule has 34 heavy (non-hydrogen) atoms. The first kappa shape index (κ1) is 23.1. The molecule has 178 valence electrons. The summed E-state index contributed by atoms with van der Waals surface area (Å²) in [4.78, 5) is 22.0. The molecule has 5 rings (SSSR count). The predicted octanol–water partition coefficient (Wildman–Crippen LogP) is 4.85. The van der Waals surface area contributed by atoms with Gasteiger partial charge in [-0.15, -0.1) is 0 Å². The summed E-state index contributed by atoms with van der Waals surface area (Å²) in [7, 11) is 0. The summed E-state index contributed by atoms with van der Waals surface area (Å²) < 4.78 is 14.0. The van der Waals surface area contributed by atoms with Crippen LogP contribution in [0.3, 0.4) is 0 Å². The van der Waals surface area contributed by atoms with Crippen molar-refractivity contribution in [2.75, 3.05) is 44.2 Å². The van der Waals surface area contributed by atoms with E-state index in [-0.39, 0.29) is 11.7 Å². The van der Waals surface area contributed by atoms with Gasteiger partial charge in [0.1, 0.15) is 5.82 Å². The molecular weight excluding hydrogens is 451 g/mol. The van der Waals surface area contributed by atoms with Crippen LogP contribution in [0.4, 0.5) is 10.1 Å². The molecule has 0 atom stereocenters. The molecule has 0 radical (unpaired) electrons. The second-order valence-corrected chi connectivity index (χ2v) is 9.56. The van der Waals surface area contributed by atoms with E-state index in [1.54, 1.807) is 6.07 Å². The molecule has 5 nitrogen and oxygen atoms in total. The molecule has 1 aromatic heterocycles. The van der Waals surface area contributed by atoms with Crippen LogP contribution in [0.5, 0.6) is 0 Å². The van der Waals surface area contributed by atoms with Crippen molar-refractivity contribution in [3.8, 4) is 0 Å². The summed E-state index contributed by atoms with van der Waals surface area (Å²) >= 11 is 6.65. The van der Waals surface area contributed by atoms with Gasteiger partial charge in [0.05, 0.1) is 16.2 Å². The van der Waals surface area contributed by atoms with Gasteiger partial charge in [-0.05, 0) is 68.5 Å². The molecule has 7 heteroatoms. The number of aryl methyl sites for hydroxylation is 1. The van der Waals surface area contributed by atoms with Crippen LogP contribution in [0.15, 0.2) is 42.5 Å². The first-order chi connectivity index (χ1) is 16.6. The number of nitrogens with zero attached hydrogens (tertiary/aromatic N) is 3. The van der Waals surface area contributed by atoms with Crippen LogP contribution in [0, 0.1) is 5.82 Å². The number of benzene rings is 2. The topological polar surface area (TPSA) is 48.5 Å². The fourth-order valence-corrected chi connectivity index (χ4v) is 5.40. The second-order valence-electron chi connectivity index (χ2n) is 9.18. The lowest BCUT2D eigenvalue weighted by Crippen LogP contribution is -2.47. The zero-order chi connectivity index (χ0) is 23.5. The standard InChI is InChI=1S/C27H30ClFN4O/c28-26-20-6-1-3-8-23(20)31-24-18-19(10-11-21(24)26)27(34)30-12-5-13-32-14-16-33(17-15-32)25-9-4-2-7-22(25)29/h2,4,7,9-11,18H,1,3,5-6,8,12-17H2,(H,30,34). The van der Waals surface area contributed by atoms with Gasteiger partial charge in [-0.25, -0.2) is 4.39 Å². The predicted molar refractivity (Wildman–Crippen MR) is 135 cm³/mol. The zero-order valence-corrected chi connectivity index (χ0v) is 20.1. The number of piperazine rings is 1. The summed E-state index contributed by atoms with van der Waals surface area (Å²) in [5, 5.41) is 4.75. The van der Waals surface area contributed by atoms with Gasteiger partial charge in [0.2, 0.25) is 0 Å². The Morgan fingerprint density at radius 3 is 2.68 bits per heavy atom. The molecule has 1 saturated heterocycles. The molecule has 2 aliphatic rings. The Morgan fingerprint density at radius 2 is 1.85 bits per heavy atom. The van der Waals surface area contributed by atoms with E-state index >= 15 is 0 Å². The maximum atomic E-state index is 14.0. The maximum absolute atomic E-state index is 14.0. The molecule has 1 aliphatic carbocycles. The van der Waals surface area contributed by atoms with Crippen LogP contribution in [0.2, 0.25) is 5.02 Å². The second kappa shape index (κ2) is 10.3. The van der Waals surface area contributed by atoms with E-state index in [4.69, 9.17) is 16.6 Å². The molecule has 0 spiro atoms. The van der Waals surface area contributed by atoms with Gasteiger partial charge >= 0.3 is 0 Å². The number of carbonyl (C=O) groups is 1. The maximum Gasteiger partial charge on any atom is 0.251 e. The summed E-state index contributed by atoms with van der Waals surface area (Å²) in [5.41, 5.74) is 4.35. The molecule has 0 unspecified atom stereocenters. The number of hydrogen-bond donors (Lipinski definition) is 1. The van der Waals surface area contributed by atoms with E-state index < -0.39 is 0 Å². The lowest BCUT2D eigenvalue weighted by molar-refractivity contribution is 0.0951. The minimum Gasteiger partial charge on any atom is -0.367 e. The van der Waals surface area contributed by atoms with E-state index in [1.165, 1.54) is 11.6 Å². The van der Waals surface area contributed by atoms with Crippen molar-refractivity contribution in [1.29, 1.82) is 0 Å². The van der Waals surface area contributed by atoms with Crippen molar-refractivity contribution in [2.24, 2.45) is 0 Å². The summed E-state index contributed by atoms with van der Waals surface area (Å²) in [6.45, 7) is 4.93. The Morgan fingerprint density at radius 1 is 1.06 bits per heavy atom. The highest BCUT2D eigenvalue weighted by molar-refractivity contribution is 6.36. The van der Waals surface area contributed by atoms with Gasteiger partial charge in [-0.2, -0.15) is 0 Å². The van der Waals surface area contributed by atoms with Crippen LogP contribution in [-0.4, -0.2) is 55.1 Å². The molecular formula is C27H30ClFN4O.